The number of benzene rings is 3. The Morgan fingerprint density at radius 1 is 0.339 bits per heavy atom. The summed E-state index contributed by atoms with van der Waals surface area (Å²) in [6, 6.07) is 9.71. The number of hydrogen-bond acceptors (Lipinski definition) is 12. The molecule has 3 aromatic rings. The van der Waals surface area contributed by atoms with Crippen molar-refractivity contribution in [2.24, 2.45) is 0 Å². The Hall–Kier alpha value is -1.43. The predicted molar refractivity (Wildman–Crippen MR) is 242 cm³/mol. The summed E-state index contributed by atoms with van der Waals surface area (Å²) in [5.74, 6) is 0.543. The van der Waals surface area contributed by atoms with Crippen molar-refractivity contribution in [1.82, 2.24) is 0 Å². The second kappa shape index (κ2) is 21.5. The fourth-order valence-corrected chi connectivity index (χ4v) is 8.35. The fraction of sp³-hybridized carbons (Fsp3) is 0.600. The number of phenolic OH excluding ortho intramolecular Hbond substituents is 3. The molecular formula is C45H69Al2O12P3. The summed E-state index contributed by atoms with van der Waals surface area (Å²) >= 11 is 0. The maximum atomic E-state index is 11.0. The van der Waals surface area contributed by atoms with Gasteiger partial charge in [-0.25, -0.2) is 0 Å². The van der Waals surface area contributed by atoms with Gasteiger partial charge in [-0.05, 0) is 82.6 Å². The third kappa shape index (κ3) is 20.4. The molecule has 0 radical (unpaired) electrons. The molecule has 3 aromatic carbocycles. The van der Waals surface area contributed by atoms with Crippen molar-refractivity contribution in [2.45, 2.75) is 176 Å². The molecule has 0 amide bonds. The Morgan fingerprint density at radius 3 is 0.532 bits per heavy atom. The zero-order valence-electron chi connectivity index (χ0n) is 40.1. The first-order valence-corrected chi connectivity index (χ1v) is 25.0. The molecule has 0 aliphatic heterocycles. The van der Waals surface area contributed by atoms with Gasteiger partial charge in [-0.1, -0.05) is 184 Å². The third-order valence-corrected chi connectivity index (χ3v) is 11.7. The summed E-state index contributed by atoms with van der Waals surface area (Å²) in [7, 11) is -13.9. The quantitative estimate of drug-likeness (QED) is 0.178. The molecule has 3 N–H and O–H groups in total. The van der Waals surface area contributed by atoms with Gasteiger partial charge in [-0.3, -0.25) is 0 Å². The standard InChI is InChI=1S/3C15H25O4P.2Al/c3*1-14(2,3)11-7-10(9-20(17,18)19)8-12(13(11)16)15(4,5)6;;/h3*7-8,16H,9H2,1-6H3,(H2,17,18,19);;/q;;;2*+3/p-6. The maximum Gasteiger partial charge on any atom is 3.00 e. The van der Waals surface area contributed by atoms with Gasteiger partial charge in [0.25, 0.3) is 0 Å². The van der Waals surface area contributed by atoms with Crippen molar-refractivity contribution >= 4 is 57.5 Å². The average Bonchev–Trinajstić information content (AvgIpc) is 2.94. The maximum absolute atomic E-state index is 11.0. The van der Waals surface area contributed by atoms with Crippen LogP contribution in [0.2, 0.25) is 0 Å². The molecule has 0 saturated carbocycles. The third-order valence-electron chi connectivity index (χ3n) is 9.49. The van der Waals surface area contributed by atoms with Crippen LogP contribution in [0.3, 0.4) is 0 Å². The fourth-order valence-electron chi connectivity index (χ4n) is 6.46. The predicted octanol–water partition coefficient (Wildman–Crippen LogP) is 6.44. The minimum Gasteiger partial charge on any atom is -0.810 e. The van der Waals surface area contributed by atoms with E-state index in [1.807, 2.05) is 125 Å². The molecule has 0 unspecified atom stereocenters. The van der Waals surface area contributed by atoms with Crippen LogP contribution in [0.1, 0.15) is 175 Å². The van der Waals surface area contributed by atoms with E-state index in [9.17, 15) is 58.4 Å². The van der Waals surface area contributed by atoms with E-state index in [-0.39, 0.29) is 84.5 Å². The van der Waals surface area contributed by atoms with Crippen molar-refractivity contribution in [3.8, 4) is 17.2 Å². The van der Waals surface area contributed by atoms with Crippen LogP contribution in [0, 0.1) is 0 Å². The molecule has 0 saturated heterocycles. The van der Waals surface area contributed by atoms with Crippen molar-refractivity contribution in [3.63, 3.8) is 0 Å². The van der Waals surface area contributed by atoms with Crippen LogP contribution in [0.25, 0.3) is 0 Å². The molecule has 0 heterocycles. The summed E-state index contributed by atoms with van der Waals surface area (Å²) < 4.78 is 33.1. The zero-order valence-corrected chi connectivity index (χ0v) is 45.1. The number of hydrogen-bond donors (Lipinski definition) is 3. The van der Waals surface area contributed by atoms with E-state index in [0.717, 1.165) is 0 Å². The van der Waals surface area contributed by atoms with Crippen LogP contribution < -0.4 is 29.4 Å². The molecule has 62 heavy (non-hydrogen) atoms. The molecule has 0 bridgehead atoms. The first-order chi connectivity index (χ1) is 26.1. The first kappa shape index (κ1) is 62.7. The molecular weight excluding hydrogens is 879 g/mol. The number of aromatic hydroxyl groups is 3. The first-order valence-electron chi connectivity index (χ1n) is 19.8. The van der Waals surface area contributed by atoms with Crippen molar-refractivity contribution in [2.75, 3.05) is 0 Å². The van der Waals surface area contributed by atoms with Gasteiger partial charge in [-0.2, -0.15) is 0 Å². The monoisotopic (exact) mass is 948 g/mol. The second-order valence-corrected chi connectivity index (χ2v) is 26.5. The Morgan fingerprint density at radius 2 is 0.452 bits per heavy atom. The molecule has 0 fully saturated rings. The Bertz CT molecular complexity index is 1780. The summed E-state index contributed by atoms with van der Waals surface area (Å²) in [6.07, 6.45) is -1.58. The van der Waals surface area contributed by atoms with E-state index in [0.29, 0.717) is 50.1 Å². The largest absolute Gasteiger partial charge is 3.00 e. The molecule has 0 aromatic heterocycles. The SMILES string of the molecule is CC(C)(C)c1cc(CP(=O)([O-])[O-])cc(C(C)(C)C)c1O.CC(C)(C)c1cc(CP(=O)([O-])[O-])cc(C(C)(C)C)c1O.CC(C)(C)c1cc(CP(=O)([O-])[O-])cc(C(C)(C)C)c1O.[Al+3].[Al+3]. The Kier molecular flexibility index (Phi) is 21.7. The van der Waals surface area contributed by atoms with Gasteiger partial charge in [0.05, 0.1) is 0 Å². The summed E-state index contributed by atoms with van der Waals surface area (Å²) in [5, 5.41) is 31.4. The van der Waals surface area contributed by atoms with Crippen LogP contribution in [-0.2, 0) is 64.7 Å². The molecule has 12 nitrogen and oxygen atoms in total. The summed E-state index contributed by atoms with van der Waals surface area (Å²) in [6.45, 7) is 34.9. The smallest absolute Gasteiger partial charge is 0.810 e. The van der Waals surface area contributed by atoms with E-state index >= 15 is 0 Å². The van der Waals surface area contributed by atoms with Crippen molar-refractivity contribution in [3.05, 3.63) is 86.5 Å². The molecule has 0 atom stereocenters. The van der Waals surface area contributed by atoms with Crippen LogP contribution in [0.4, 0.5) is 0 Å². The van der Waals surface area contributed by atoms with Crippen LogP contribution in [-0.4, -0.2) is 50.0 Å². The minimum absolute atomic E-state index is 0. The Labute approximate surface area is 393 Å². The van der Waals surface area contributed by atoms with E-state index in [1.54, 1.807) is 36.4 Å². The van der Waals surface area contributed by atoms with Crippen LogP contribution in [0.15, 0.2) is 36.4 Å². The molecule has 17 heteroatoms. The number of rotatable bonds is 6. The van der Waals surface area contributed by atoms with Gasteiger partial charge in [0.15, 0.2) is 0 Å². The summed E-state index contributed by atoms with van der Waals surface area (Å²) in [4.78, 5) is 66.1. The molecule has 0 aliphatic carbocycles. The molecule has 342 valence electrons. The van der Waals surface area contributed by atoms with E-state index in [2.05, 4.69) is 0 Å². The van der Waals surface area contributed by atoms with Gasteiger partial charge in [0.1, 0.15) is 17.2 Å². The van der Waals surface area contributed by atoms with E-state index in [1.165, 1.54) is 0 Å². The molecule has 0 spiro atoms. The van der Waals surface area contributed by atoms with Crippen LogP contribution in [0.5, 0.6) is 17.2 Å². The van der Waals surface area contributed by atoms with Crippen molar-refractivity contribution < 1.29 is 58.4 Å². The van der Waals surface area contributed by atoms with Gasteiger partial charge in [0, 0.05) is 18.5 Å². The second-order valence-electron chi connectivity index (χ2n) is 21.9. The minimum atomic E-state index is -4.63. The summed E-state index contributed by atoms with van der Waals surface area (Å²) in [5.41, 5.74) is 3.25. The van der Waals surface area contributed by atoms with Crippen LogP contribution >= 0.6 is 22.8 Å². The average molecular weight is 949 g/mol. The molecule has 3 rings (SSSR count). The van der Waals surface area contributed by atoms with Gasteiger partial charge in [0.2, 0.25) is 0 Å². The normalized spacial score (nSPS) is 13.2. The molecule has 0 aliphatic rings. The van der Waals surface area contributed by atoms with Gasteiger partial charge < -0.3 is 58.4 Å². The van der Waals surface area contributed by atoms with E-state index in [4.69, 9.17) is 0 Å². The van der Waals surface area contributed by atoms with E-state index < -0.39 is 41.3 Å². The van der Waals surface area contributed by atoms with Gasteiger partial charge in [-0.15, -0.1) is 0 Å². The zero-order chi connectivity index (χ0) is 47.8. The number of phenols is 3. The Balaban J connectivity index is 0. The topological polar surface area (TPSA) is 250 Å². The van der Waals surface area contributed by atoms with Gasteiger partial charge >= 0.3 is 34.7 Å². The van der Waals surface area contributed by atoms with Crippen molar-refractivity contribution in [1.29, 1.82) is 0 Å².